The van der Waals surface area contributed by atoms with Gasteiger partial charge < -0.3 is 14.8 Å². The fourth-order valence-electron chi connectivity index (χ4n) is 3.91. The van der Waals surface area contributed by atoms with Gasteiger partial charge in [-0.1, -0.05) is 30.3 Å². The van der Waals surface area contributed by atoms with E-state index >= 15 is 0 Å². The fraction of sp³-hybridized carbons (Fsp3) is 0.444. The predicted octanol–water partition coefficient (Wildman–Crippen LogP) is 2.15. The lowest BCUT2D eigenvalue weighted by molar-refractivity contribution is -0.158. The highest BCUT2D eigenvalue weighted by molar-refractivity contribution is 6.38. The number of esters is 1. The third kappa shape index (κ3) is 2.19. The maximum Gasteiger partial charge on any atom is 0.321 e. The normalized spacial score (nSPS) is 32.5. The first kappa shape index (κ1) is 17.0. The van der Waals surface area contributed by atoms with Crippen LogP contribution in [0.1, 0.15) is 18.4 Å². The number of benzene rings is 1. The molecule has 1 aliphatic heterocycles. The molecule has 0 bridgehead atoms. The average molecular weight is 350 g/mol. The second kappa shape index (κ2) is 6.22. The highest BCUT2D eigenvalue weighted by Gasteiger charge is 2.65. The van der Waals surface area contributed by atoms with Gasteiger partial charge in [0.15, 0.2) is 5.78 Å². The van der Waals surface area contributed by atoms with Crippen molar-refractivity contribution in [2.24, 2.45) is 5.41 Å². The minimum atomic E-state index is -1.39. The van der Waals surface area contributed by atoms with Crippen LogP contribution < -0.4 is 5.32 Å². The summed E-state index contributed by atoms with van der Waals surface area (Å²) < 4.78 is 10.5. The maximum atomic E-state index is 12.9. The van der Waals surface area contributed by atoms with E-state index in [1.165, 1.54) is 20.3 Å². The Morgan fingerprint density at radius 2 is 2.00 bits per heavy atom. The summed E-state index contributed by atoms with van der Waals surface area (Å²) in [5.74, 6) is -0.434. The van der Waals surface area contributed by atoms with E-state index in [1.807, 2.05) is 18.2 Å². The molecule has 5 nitrogen and oxygen atoms in total. The van der Waals surface area contributed by atoms with Crippen LogP contribution in [-0.2, 0) is 23.9 Å². The van der Waals surface area contributed by atoms with Crippen LogP contribution in [0.4, 0.5) is 0 Å². The molecule has 1 aliphatic carbocycles. The van der Waals surface area contributed by atoms with Crippen LogP contribution in [0.25, 0.3) is 0 Å². The van der Waals surface area contributed by atoms with Crippen LogP contribution >= 0.6 is 11.6 Å². The van der Waals surface area contributed by atoms with E-state index in [1.54, 1.807) is 12.1 Å². The first-order valence-electron chi connectivity index (χ1n) is 7.88. The van der Waals surface area contributed by atoms with Gasteiger partial charge in [0.05, 0.1) is 20.3 Å². The third-order valence-corrected chi connectivity index (χ3v) is 5.63. The van der Waals surface area contributed by atoms with Gasteiger partial charge in [0.1, 0.15) is 16.0 Å². The molecule has 0 amide bonds. The molecule has 3 atom stereocenters. The molecule has 128 valence electrons. The van der Waals surface area contributed by atoms with Crippen LogP contribution in [0.15, 0.2) is 42.2 Å². The smallest absolute Gasteiger partial charge is 0.321 e. The number of rotatable bonds is 3. The van der Waals surface area contributed by atoms with Crippen LogP contribution in [0.2, 0.25) is 0 Å². The lowest BCUT2D eigenvalue weighted by Crippen LogP contribution is -2.67. The molecule has 0 spiro atoms. The highest BCUT2D eigenvalue weighted by Crippen LogP contribution is 2.53. The topological polar surface area (TPSA) is 64.6 Å². The van der Waals surface area contributed by atoms with Crippen molar-refractivity contribution >= 4 is 23.4 Å². The largest absolute Gasteiger partial charge is 0.500 e. The molecule has 1 aromatic rings. The number of allylic oxidation sites excluding steroid dienone is 1. The van der Waals surface area contributed by atoms with Gasteiger partial charge in [-0.3, -0.25) is 9.59 Å². The third-order valence-electron chi connectivity index (χ3n) is 5.01. The van der Waals surface area contributed by atoms with E-state index in [-0.39, 0.29) is 5.78 Å². The van der Waals surface area contributed by atoms with Crippen molar-refractivity contribution in [1.29, 1.82) is 0 Å². The molecule has 1 heterocycles. The number of carbonyl (C=O) groups is 2. The molecule has 1 N–H and O–H groups in total. The number of ketones is 1. The Bertz CT molecular complexity index is 690. The SMILES string of the molecule is COC(=O)[C@@]12CCCN[C@@H]1[C@](Cl)(c1ccccc1)C(=O)C=C2OC. The Morgan fingerprint density at radius 1 is 1.29 bits per heavy atom. The van der Waals surface area contributed by atoms with E-state index < -0.39 is 22.3 Å². The van der Waals surface area contributed by atoms with Gasteiger partial charge in [0.25, 0.3) is 0 Å². The molecule has 1 aromatic carbocycles. The number of carbonyl (C=O) groups excluding carboxylic acids is 2. The molecule has 3 rings (SSSR count). The Morgan fingerprint density at radius 3 is 2.62 bits per heavy atom. The first-order chi connectivity index (χ1) is 11.5. The van der Waals surface area contributed by atoms with E-state index in [0.29, 0.717) is 24.3 Å². The van der Waals surface area contributed by atoms with Crippen LogP contribution in [0.3, 0.4) is 0 Å². The zero-order valence-electron chi connectivity index (χ0n) is 13.7. The molecule has 24 heavy (non-hydrogen) atoms. The lowest BCUT2D eigenvalue weighted by atomic mass is 9.61. The molecular formula is C18H20ClNO4. The molecule has 6 heteroatoms. The van der Waals surface area contributed by atoms with Crippen LogP contribution in [-0.4, -0.2) is 38.6 Å². The number of ether oxygens (including phenoxy) is 2. The van der Waals surface area contributed by atoms with Gasteiger partial charge in [-0.2, -0.15) is 0 Å². The highest BCUT2D eigenvalue weighted by atomic mass is 35.5. The van der Waals surface area contributed by atoms with Crippen molar-refractivity contribution in [1.82, 2.24) is 5.32 Å². The van der Waals surface area contributed by atoms with E-state index in [0.717, 1.165) is 6.42 Å². The van der Waals surface area contributed by atoms with Gasteiger partial charge in [-0.05, 0) is 24.9 Å². The minimum Gasteiger partial charge on any atom is -0.500 e. The Labute approximate surface area is 146 Å². The van der Waals surface area contributed by atoms with Gasteiger partial charge in [0.2, 0.25) is 0 Å². The summed E-state index contributed by atoms with van der Waals surface area (Å²) in [7, 11) is 2.80. The minimum absolute atomic E-state index is 0.300. The Hall–Kier alpha value is -1.85. The first-order valence-corrected chi connectivity index (χ1v) is 8.26. The molecule has 0 saturated carbocycles. The Balaban J connectivity index is 2.25. The summed E-state index contributed by atoms with van der Waals surface area (Å²) in [6.45, 7) is 0.662. The van der Waals surface area contributed by atoms with Crippen molar-refractivity contribution in [2.75, 3.05) is 20.8 Å². The van der Waals surface area contributed by atoms with E-state index in [9.17, 15) is 9.59 Å². The van der Waals surface area contributed by atoms with Gasteiger partial charge >= 0.3 is 5.97 Å². The van der Waals surface area contributed by atoms with Gasteiger partial charge in [0, 0.05) is 6.08 Å². The predicted molar refractivity (Wildman–Crippen MR) is 89.5 cm³/mol. The lowest BCUT2D eigenvalue weighted by Gasteiger charge is -2.51. The summed E-state index contributed by atoms with van der Waals surface area (Å²) in [5.41, 5.74) is -0.469. The standard InChI is InChI=1S/C18H20ClNO4/c1-23-14-11-13(21)18(19,12-7-4-3-5-8-12)15-17(14,16(22)24-2)9-6-10-20-15/h3-5,7-8,11,15,20H,6,9-10H2,1-2H3/t15-,17+,18-/m0/s1. The second-order valence-electron chi connectivity index (χ2n) is 6.11. The molecule has 0 aromatic heterocycles. The quantitative estimate of drug-likeness (QED) is 0.669. The number of hydrogen-bond donors (Lipinski definition) is 1. The fourth-order valence-corrected chi connectivity index (χ4v) is 4.35. The second-order valence-corrected chi connectivity index (χ2v) is 6.70. The zero-order chi connectivity index (χ0) is 17.4. The zero-order valence-corrected chi connectivity index (χ0v) is 14.4. The van der Waals surface area contributed by atoms with Crippen LogP contribution in [0, 0.1) is 5.41 Å². The number of hydrogen-bond acceptors (Lipinski definition) is 5. The molecule has 0 unspecified atom stereocenters. The molecular weight excluding hydrogens is 330 g/mol. The monoisotopic (exact) mass is 349 g/mol. The summed E-state index contributed by atoms with van der Waals surface area (Å²) in [5, 5.41) is 3.29. The van der Waals surface area contributed by atoms with Crippen LogP contribution in [0.5, 0.6) is 0 Å². The van der Waals surface area contributed by atoms with Crippen molar-refractivity contribution in [2.45, 2.75) is 23.8 Å². The van der Waals surface area contributed by atoms with E-state index in [4.69, 9.17) is 21.1 Å². The number of fused-ring (bicyclic) bond motifs is 1. The van der Waals surface area contributed by atoms with Gasteiger partial charge in [-0.15, -0.1) is 11.6 Å². The van der Waals surface area contributed by atoms with Crippen molar-refractivity contribution < 1.29 is 19.1 Å². The summed E-state index contributed by atoms with van der Waals surface area (Å²) in [6.07, 6.45) is 2.61. The molecule has 0 radical (unpaired) electrons. The molecule has 2 aliphatic rings. The maximum absolute atomic E-state index is 12.9. The number of halogens is 1. The van der Waals surface area contributed by atoms with Gasteiger partial charge in [-0.25, -0.2) is 0 Å². The average Bonchev–Trinajstić information content (AvgIpc) is 2.64. The van der Waals surface area contributed by atoms with Crippen molar-refractivity contribution in [3.8, 4) is 0 Å². The number of piperidine rings is 1. The van der Waals surface area contributed by atoms with Crippen molar-refractivity contribution in [3.05, 3.63) is 47.7 Å². The number of alkyl halides is 1. The number of methoxy groups -OCH3 is 2. The Kier molecular flexibility index (Phi) is 4.40. The molecule has 1 fully saturated rings. The summed E-state index contributed by atoms with van der Waals surface area (Å²) in [6, 6.07) is 8.46. The van der Waals surface area contributed by atoms with Crippen molar-refractivity contribution in [3.63, 3.8) is 0 Å². The number of nitrogens with one attached hydrogen (secondary N) is 1. The van der Waals surface area contributed by atoms with E-state index in [2.05, 4.69) is 5.32 Å². The molecule has 1 saturated heterocycles. The summed E-state index contributed by atoms with van der Waals surface area (Å²) in [4.78, 5) is 24.3. The summed E-state index contributed by atoms with van der Waals surface area (Å²) >= 11 is 6.92.